The van der Waals surface area contributed by atoms with E-state index in [1.165, 1.54) is 6.21 Å². The number of benzene rings is 1. The van der Waals surface area contributed by atoms with Crippen molar-refractivity contribution in [3.63, 3.8) is 0 Å². The van der Waals surface area contributed by atoms with Crippen LogP contribution in [0.3, 0.4) is 0 Å². The molecule has 0 amide bonds. The fourth-order valence-corrected chi connectivity index (χ4v) is 2.38. The molecule has 0 unspecified atom stereocenters. The highest BCUT2D eigenvalue weighted by Gasteiger charge is 2.06. The Morgan fingerprint density at radius 1 is 1.39 bits per heavy atom. The highest BCUT2D eigenvalue weighted by atomic mass is 79.9. The Labute approximate surface area is 118 Å². The maximum absolute atomic E-state index is 9.78. The monoisotopic (exact) mass is 375 g/mol. The summed E-state index contributed by atoms with van der Waals surface area (Å²) >= 11 is 6.53. The van der Waals surface area contributed by atoms with Crippen molar-refractivity contribution in [2.24, 2.45) is 5.10 Å². The zero-order valence-electron chi connectivity index (χ0n) is 8.76. The third-order valence-corrected chi connectivity index (χ3v) is 3.01. The van der Waals surface area contributed by atoms with Gasteiger partial charge in [0.2, 0.25) is 11.6 Å². The van der Waals surface area contributed by atoms with E-state index in [2.05, 4.69) is 57.3 Å². The lowest BCUT2D eigenvalue weighted by atomic mass is 10.2. The topological polar surface area (TPSA) is 110 Å². The average molecular weight is 377 g/mol. The molecule has 0 spiro atoms. The van der Waals surface area contributed by atoms with Gasteiger partial charge in [0.15, 0.2) is 0 Å². The summed E-state index contributed by atoms with van der Waals surface area (Å²) < 4.78 is 5.74. The first-order valence-electron chi connectivity index (χ1n) is 4.63. The third-order valence-electron chi connectivity index (χ3n) is 1.95. The van der Waals surface area contributed by atoms with Gasteiger partial charge in [0.05, 0.1) is 10.7 Å². The maximum atomic E-state index is 9.78. The van der Waals surface area contributed by atoms with Gasteiger partial charge >= 0.3 is 0 Å². The minimum absolute atomic E-state index is 0.0787. The van der Waals surface area contributed by atoms with Crippen LogP contribution < -0.4 is 11.2 Å². The molecule has 0 bridgehead atoms. The molecule has 7 nitrogen and oxygen atoms in total. The number of phenolic OH excluding ortho intramolecular Hbond substituents is 1. The van der Waals surface area contributed by atoms with Gasteiger partial charge in [0.1, 0.15) is 5.75 Å². The van der Waals surface area contributed by atoms with Gasteiger partial charge in [-0.3, -0.25) is 5.43 Å². The summed E-state index contributed by atoms with van der Waals surface area (Å²) in [5.41, 5.74) is 8.49. The molecular formula is C9H7Br2N5O2. The highest BCUT2D eigenvalue weighted by molar-refractivity contribution is 9.11. The molecule has 1 aromatic carbocycles. The van der Waals surface area contributed by atoms with Crippen molar-refractivity contribution >= 4 is 49.7 Å². The van der Waals surface area contributed by atoms with Crippen LogP contribution in [0.5, 0.6) is 5.75 Å². The molecule has 18 heavy (non-hydrogen) atoms. The van der Waals surface area contributed by atoms with Crippen molar-refractivity contribution < 1.29 is 9.74 Å². The van der Waals surface area contributed by atoms with E-state index in [1.807, 2.05) is 0 Å². The zero-order valence-corrected chi connectivity index (χ0v) is 11.9. The van der Waals surface area contributed by atoms with Crippen molar-refractivity contribution in [1.29, 1.82) is 0 Å². The Kier molecular flexibility index (Phi) is 3.82. The van der Waals surface area contributed by atoms with Crippen LogP contribution in [0.4, 0.5) is 11.6 Å². The number of nitrogen functional groups attached to an aromatic ring is 1. The molecule has 1 aromatic heterocycles. The minimum atomic E-state index is 0.0787. The first kappa shape index (κ1) is 12.8. The van der Waals surface area contributed by atoms with Gasteiger partial charge in [-0.25, -0.2) is 4.63 Å². The number of hydrazone groups is 1. The number of aromatic nitrogens is 2. The van der Waals surface area contributed by atoms with Gasteiger partial charge in [0.25, 0.3) is 0 Å². The number of nitrogens with one attached hydrogen (secondary N) is 1. The molecule has 0 fully saturated rings. The summed E-state index contributed by atoms with van der Waals surface area (Å²) in [6.07, 6.45) is 1.42. The normalized spacial score (nSPS) is 11.0. The summed E-state index contributed by atoms with van der Waals surface area (Å²) in [7, 11) is 0. The molecule has 0 saturated heterocycles. The molecule has 2 aromatic rings. The van der Waals surface area contributed by atoms with Crippen LogP contribution in [-0.2, 0) is 0 Å². The second kappa shape index (κ2) is 5.36. The van der Waals surface area contributed by atoms with E-state index in [-0.39, 0.29) is 17.4 Å². The Balaban J connectivity index is 2.17. The lowest BCUT2D eigenvalue weighted by Gasteiger charge is -2.02. The van der Waals surface area contributed by atoms with Crippen molar-refractivity contribution in [2.45, 2.75) is 0 Å². The number of nitrogens with two attached hydrogens (primary N) is 1. The van der Waals surface area contributed by atoms with Crippen molar-refractivity contribution in [3.05, 3.63) is 26.6 Å². The summed E-state index contributed by atoms with van der Waals surface area (Å²) in [6.45, 7) is 0. The van der Waals surface area contributed by atoms with Gasteiger partial charge in [-0.2, -0.15) is 5.10 Å². The van der Waals surface area contributed by atoms with E-state index in [9.17, 15) is 5.11 Å². The number of hydrogen-bond acceptors (Lipinski definition) is 7. The molecule has 0 atom stereocenters. The van der Waals surface area contributed by atoms with E-state index in [0.717, 1.165) is 4.47 Å². The summed E-state index contributed by atoms with van der Waals surface area (Å²) in [5.74, 6) is 0.390. The van der Waals surface area contributed by atoms with Gasteiger partial charge in [-0.1, -0.05) is 15.9 Å². The molecular weight excluding hydrogens is 370 g/mol. The van der Waals surface area contributed by atoms with Crippen molar-refractivity contribution in [3.8, 4) is 5.75 Å². The van der Waals surface area contributed by atoms with Gasteiger partial charge in [-0.05, 0) is 38.4 Å². The average Bonchev–Trinajstić information content (AvgIpc) is 2.71. The van der Waals surface area contributed by atoms with Crippen LogP contribution in [0.25, 0.3) is 0 Å². The van der Waals surface area contributed by atoms with Crippen LogP contribution in [0.15, 0.2) is 30.8 Å². The predicted octanol–water partition coefficient (Wildman–Crippen LogP) is 2.33. The quantitative estimate of drug-likeness (QED) is 0.560. The SMILES string of the molecule is Nc1nonc1N/N=C\c1cc(Br)cc(Br)c1O. The second-order valence-corrected chi connectivity index (χ2v) is 4.96. The molecule has 0 saturated carbocycles. The molecule has 0 aliphatic carbocycles. The van der Waals surface area contributed by atoms with E-state index in [0.29, 0.717) is 10.0 Å². The maximum Gasteiger partial charge on any atom is 0.235 e. The van der Waals surface area contributed by atoms with Crippen LogP contribution in [0.2, 0.25) is 0 Å². The van der Waals surface area contributed by atoms with Crippen LogP contribution >= 0.6 is 31.9 Å². The molecule has 0 aliphatic heterocycles. The van der Waals surface area contributed by atoms with Crippen molar-refractivity contribution in [2.75, 3.05) is 11.2 Å². The number of halogens is 2. The fraction of sp³-hybridized carbons (Fsp3) is 0. The largest absolute Gasteiger partial charge is 0.506 e. The Morgan fingerprint density at radius 3 is 2.83 bits per heavy atom. The Hall–Kier alpha value is -1.61. The van der Waals surface area contributed by atoms with E-state index in [4.69, 9.17) is 5.73 Å². The first-order valence-corrected chi connectivity index (χ1v) is 6.21. The van der Waals surface area contributed by atoms with Crippen LogP contribution in [-0.4, -0.2) is 21.6 Å². The fourth-order valence-electron chi connectivity index (χ4n) is 1.12. The lowest BCUT2D eigenvalue weighted by Crippen LogP contribution is -1.95. The molecule has 0 radical (unpaired) electrons. The number of nitrogens with zero attached hydrogens (tertiary/aromatic N) is 3. The number of aromatic hydroxyl groups is 1. The number of anilines is 2. The molecule has 9 heteroatoms. The van der Waals surface area contributed by atoms with Gasteiger partial charge in [-0.15, -0.1) is 0 Å². The smallest absolute Gasteiger partial charge is 0.235 e. The van der Waals surface area contributed by atoms with Gasteiger partial charge in [0, 0.05) is 10.0 Å². The molecule has 4 N–H and O–H groups in total. The number of rotatable bonds is 3. The van der Waals surface area contributed by atoms with E-state index in [1.54, 1.807) is 12.1 Å². The number of phenols is 1. The zero-order chi connectivity index (χ0) is 13.1. The molecule has 0 aliphatic rings. The summed E-state index contributed by atoms with van der Waals surface area (Å²) in [4.78, 5) is 0. The Bertz CT molecular complexity index is 599. The van der Waals surface area contributed by atoms with E-state index >= 15 is 0 Å². The lowest BCUT2D eigenvalue weighted by molar-refractivity contribution is 0.310. The third kappa shape index (κ3) is 2.79. The highest BCUT2D eigenvalue weighted by Crippen LogP contribution is 2.30. The standard InChI is InChI=1S/C9H7Br2N5O2/c10-5-1-4(7(17)6(11)2-5)3-13-14-9-8(12)15-18-16-9/h1-3,17H,(H2,12,15)(H,14,16)/b13-3-. The van der Waals surface area contributed by atoms with Crippen LogP contribution in [0, 0.1) is 0 Å². The molecule has 2 rings (SSSR count). The molecule has 94 valence electrons. The molecule has 1 heterocycles. The van der Waals surface area contributed by atoms with Crippen molar-refractivity contribution in [1.82, 2.24) is 10.3 Å². The van der Waals surface area contributed by atoms with Crippen LogP contribution in [0.1, 0.15) is 5.56 Å². The Morgan fingerprint density at radius 2 is 2.17 bits per heavy atom. The minimum Gasteiger partial charge on any atom is -0.506 e. The first-order chi connectivity index (χ1) is 8.58. The van der Waals surface area contributed by atoms with Gasteiger partial charge < -0.3 is 10.8 Å². The summed E-state index contributed by atoms with van der Waals surface area (Å²) in [6, 6.07) is 3.43. The number of hydrogen-bond donors (Lipinski definition) is 3. The van der Waals surface area contributed by atoms with E-state index < -0.39 is 0 Å². The summed E-state index contributed by atoms with van der Waals surface area (Å²) in [5, 5.41) is 20.5. The second-order valence-electron chi connectivity index (χ2n) is 3.19. The predicted molar refractivity (Wildman–Crippen MR) is 73.4 cm³/mol.